The molecule has 0 N–H and O–H groups in total. The number of carbonyl (C=O) groups is 1. The van der Waals surface area contributed by atoms with E-state index in [2.05, 4.69) is 36.1 Å². The number of anilines is 1. The first-order valence-electron chi connectivity index (χ1n) is 5.91. The first-order chi connectivity index (χ1) is 9.51. The fourth-order valence-corrected chi connectivity index (χ4v) is 2.20. The molecule has 1 unspecified atom stereocenters. The second-order valence-corrected chi connectivity index (χ2v) is 5.40. The van der Waals surface area contributed by atoms with Crippen LogP contribution in [0.3, 0.4) is 0 Å². The van der Waals surface area contributed by atoms with Gasteiger partial charge in [-0.3, -0.25) is 4.79 Å². The molecule has 0 radical (unpaired) electrons. The number of hydrogen-bond donors (Lipinski definition) is 0. The van der Waals surface area contributed by atoms with Gasteiger partial charge >= 0.3 is 0 Å². The summed E-state index contributed by atoms with van der Waals surface area (Å²) in [6.07, 6.45) is 0. The van der Waals surface area contributed by atoms with Crippen LogP contribution in [-0.2, 0) is 14.7 Å². The van der Waals surface area contributed by atoms with E-state index in [4.69, 9.17) is 0 Å². The van der Waals surface area contributed by atoms with Crippen LogP contribution < -0.4 is 5.01 Å². The normalized spacial score (nSPS) is 23.0. The van der Waals surface area contributed by atoms with E-state index in [1.807, 2.05) is 30.3 Å². The third-order valence-electron chi connectivity index (χ3n) is 2.98. The molecule has 106 valence electrons. The summed E-state index contributed by atoms with van der Waals surface area (Å²) in [6.45, 7) is 3.42. The van der Waals surface area contributed by atoms with Gasteiger partial charge in [0.2, 0.25) is 0 Å². The summed E-state index contributed by atoms with van der Waals surface area (Å²) in [6, 6.07) is 9.19. The first kappa shape index (κ1) is 14.7. The van der Waals surface area contributed by atoms with Crippen molar-refractivity contribution in [1.29, 1.82) is 0 Å². The summed E-state index contributed by atoms with van der Waals surface area (Å²) in [7, 11) is 1.34. The van der Waals surface area contributed by atoms with Gasteiger partial charge < -0.3 is 0 Å². The van der Waals surface area contributed by atoms with Gasteiger partial charge in [-0.1, -0.05) is 39.3 Å². The summed E-state index contributed by atoms with van der Waals surface area (Å²) in [5.74, 6) is -0.248. The second-order valence-electron chi connectivity index (χ2n) is 4.21. The minimum absolute atomic E-state index is 0.248. The van der Waals surface area contributed by atoms with Crippen molar-refractivity contribution < 1.29 is 14.7 Å². The zero-order valence-corrected chi connectivity index (χ0v) is 12.9. The topological polar surface area (TPSA) is 63.5 Å². The fraction of sp³-hybridized carbons (Fsp3) is 0.308. The molecule has 0 saturated heterocycles. The number of benzene rings is 1. The van der Waals surface area contributed by atoms with Crippen LogP contribution in [0.1, 0.15) is 13.8 Å². The zero-order chi connectivity index (χ0) is 14.8. The van der Waals surface area contributed by atoms with Gasteiger partial charge in [0.1, 0.15) is 0 Å². The minimum Gasteiger partial charge on any atom is -0.270 e. The summed E-state index contributed by atoms with van der Waals surface area (Å²) in [5, 5.41) is 9.39. The highest BCUT2D eigenvalue weighted by atomic mass is 79.9. The summed E-state index contributed by atoms with van der Waals surface area (Å²) in [5.41, 5.74) is 1.68. The monoisotopic (exact) mass is 339 g/mol. The van der Waals surface area contributed by atoms with Crippen molar-refractivity contribution in [2.75, 3.05) is 12.1 Å². The van der Waals surface area contributed by atoms with Gasteiger partial charge in [0, 0.05) is 0 Å². The standard InChI is InChI=1S/C13H14BrN3O3/c1-9-13(14,10(2)16-20-19-3)12(18)17(15-9)11-7-5-4-6-8-11/h4-8H,1-3H3. The Morgan fingerprint density at radius 1 is 1.40 bits per heavy atom. The fourth-order valence-electron chi connectivity index (χ4n) is 1.88. The van der Waals surface area contributed by atoms with Crippen molar-refractivity contribution in [2.24, 2.45) is 10.3 Å². The molecule has 1 amide bonds. The molecule has 0 saturated carbocycles. The number of nitrogens with zero attached hydrogens (tertiary/aromatic N) is 3. The highest BCUT2D eigenvalue weighted by Crippen LogP contribution is 2.34. The van der Waals surface area contributed by atoms with E-state index in [1.54, 1.807) is 13.8 Å². The van der Waals surface area contributed by atoms with Crippen LogP contribution in [0.4, 0.5) is 5.69 Å². The number of amides is 1. The maximum absolute atomic E-state index is 12.6. The highest BCUT2D eigenvalue weighted by molar-refractivity contribution is 9.11. The third-order valence-corrected chi connectivity index (χ3v) is 4.47. The predicted octanol–water partition coefficient (Wildman–Crippen LogP) is 2.50. The van der Waals surface area contributed by atoms with Crippen LogP contribution in [0.25, 0.3) is 0 Å². The molecular formula is C13H14BrN3O3. The number of hydrogen-bond acceptors (Lipinski definition) is 5. The average molecular weight is 340 g/mol. The van der Waals surface area contributed by atoms with Crippen molar-refractivity contribution in [2.45, 2.75) is 18.2 Å². The molecule has 1 atom stereocenters. The van der Waals surface area contributed by atoms with E-state index >= 15 is 0 Å². The Labute approximate surface area is 125 Å². The zero-order valence-electron chi connectivity index (χ0n) is 11.3. The molecule has 7 heteroatoms. The average Bonchev–Trinajstić information content (AvgIpc) is 2.71. The first-order valence-corrected chi connectivity index (χ1v) is 6.70. The number of oxime groups is 1. The van der Waals surface area contributed by atoms with E-state index in [-0.39, 0.29) is 5.91 Å². The lowest BCUT2D eigenvalue weighted by atomic mass is 9.99. The molecule has 0 bridgehead atoms. The van der Waals surface area contributed by atoms with Gasteiger partial charge in [-0.15, -0.1) is 0 Å². The Kier molecular flexibility index (Phi) is 4.20. The van der Waals surface area contributed by atoms with E-state index in [9.17, 15) is 4.79 Å². The van der Waals surface area contributed by atoms with Gasteiger partial charge in [0.25, 0.3) is 5.91 Å². The SMILES string of the molecule is COON=C(C)C1(Br)C(=O)N(c2ccccc2)N=C1C. The van der Waals surface area contributed by atoms with E-state index < -0.39 is 4.32 Å². The van der Waals surface area contributed by atoms with Crippen LogP contribution in [0.5, 0.6) is 0 Å². The van der Waals surface area contributed by atoms with Crippen molar-refractivity contribution in [3.63, 3.8) is 0 Å². The van der Waals surface area contributed by atoms with Crippen molar-refractivity contribution in [3.05, 3.63) is 30.3 Å². The summed E-state index contributed by atoms with van der Waals surface area (Å²) >= 11 is 3.42. The van der Waals surface area contributed by atoms with E-state index in [0.717, 1.165) is 0 Å². The van der Waals surface area contributed by atoms with Crippen molar-refractivity contribution >= 4 is 38.9 Å². The molecule has 0 aromatic heterocycles. The largest absolute Gasteiger partial charge is 0.276 e. The van der Waals surface area contributed by atoms with Crippen LogP contribution in [0.15, 0.2) is 40.6 Å². The van der Waals surface area contributed by atoms with Crippen LogP contribution in [0, 0.1) is 0 Å². The Bertz CT molecular complexity index is 573. The number of alkyl halides is 1. The molecule has 0 spiro atoms. The molecule has 0 fully saturated rings. The molecule has 2 rings (SSSR count). The van der Waals surface area contributed by atoms with Gasteiger partial charge in [0.15, 0.2) is 4.32 Å². The Morgan fingerprint density at radius 2 is 2.05 bits per heavy atom. The molecule has 20 heavy (non-hydrogen) atoms. The summed E-state index contributed by atoms with van der Waals surface area (Å²) < 4.78 is -1.11. The number of rotatable bonds is 4. The molecule has 0 aliphatic carbocycles. The number of hydrazone groups is 1. The van der Waals surface area contributed by atoms with Gasteiger partial charge in [-0.05, 0) is 26.0 Å². The third kappa shape index (κ3) is 2.34. The lowest BCUT2D eigenvalue weighted by Crippen LogP contribution is -2.46. The highest BCUT2D eigenvalue weighted by Gasteiger charge is 2.50. The molecule has 1 aliphatic rings. The molecule has 6 nitrogen and oxygen atoms in total. The van der Waals surface area contributed by atoms with E-state index in [1.165, 1.54) is 12.1 Å². The Hall–Kier alpha value is -1.73. The number of para-hydroxylation sites is 1. The number of carbonyl (C=O) groups excluding carboxylic acids is 1. The molecule has 1 aromatic carbocycles. The Balaban J connectivity index is 2.36. The maximum Gasteiger partial charge on any atom is 0.276 e. The smallest absolute Gasteiger partial charge is 0.270 e. The lowest BCUT2D eigenvalue weighted by Gasteiger charge is -2.20. The van der Waals surface area contributed by atoms with Crippen molar-refractivity contribution in [1.82, 2.24) is 0 Å². The van der Waals surface area contributed by atoms with Gasteiger partial charge in [0.05, 0.1) is 24.2 Å². The second kappa shape index (κ2) is 5.72. The minimum atomic E-state index is -1.11. The molecule has 1 heterocycles. The van der Waals surface area contributed by atoms with Crippen LogP contribution in [-0.4, -0.2) is 28.8 Å². The Morgan fingerprint density at radius 3 is 2.65 bits per heavy atom. The molecular weight excluding hydrogens is 326 g/mol. The maximum atomic E-state index is 12.6. The summed E-state index contributed by atoms with van der Waals surface area (Å²) in [4.78, 5) is 21.6. The van der Waals surface area contributed by atoms with Gasteiger partial charge in [-0.25, -0.2) is 4.99 Å². The number of halogens is 1. The predicted molar refractivity (Wildman–Crippen MR) is 79.9 cm³/mol. The van der Waals surface area contributed by atoms with E-state index in [0.29, 0.717) is 17.1 Å². The lowest BCUT2D eigenvalue weighted by molar-refractivity contribution is -0.273. The quantitative estimate of drug-likeness (QED) is 0.366. The van der Waals surface area contributed by atoms with Crippen molar-refractivity contribution in [3.8, 4) is 0 Å². The van der Waals surface area contributed by atoms with Gasteiger partial charge in [-0.2, -0.15) is 15.0 Å². The van der Waals surface area contributed by atoms with Crippen LogP contribution in [0.2, 0.25) is 0 Å². The molecule has 1 aliphatic heterocycles. The molecule has 1 aromatic rings. The van der Waals surface area contributed by atoms with Crippen LogP contribution >= 0.6 is 15.9 Å².